The summed E-state index contributed by atoms with van der Waals surface area (Å²) in [6, 6.07) is 4.01. The molecule has 1 aromatic carbocycles. The van der Waals surface area contributed by atoms with Crippen molar-refractivity contribution in [1.82, 2.24) is 4.90 Å². The van der Waals surface area contributed by atoms with Gasteiger partial charge in [-0.15, -0.1) is 0 Å². The molecule has 1 aromatic rings. The van der Waals surface area contributed by atoms with Gasteiger partial charge < -0.3 is 15.8 Å². The summed E-state index contributed by atoms with van der Waals surface area (Å²) in [5, 5.41) is 2.68. The van der Waals surface area contributed by atoms with Crippen molar-refractivity contribution in [2.75, 3.05) is 31.6 Å². The Labute approximate surface area is 128 Å². The van der Waals surface area contributed by atoms with Crippen LogP contribution in [-0.2, 0) is 9.53 Å². The highest BCUT2D eigenvalue weighted by molar-refractivity contribution is 6.31. The number of nitrogens with one attached hydrogen (secondary N) is 1. The molecular formula is C14H19ClFN3O2. The van der Waals surface area contributed by atoms with E-state index in [0.29, 0.717) is 25.4 Å². The van der Waals surface area contributed by atoms with Gasteiger partial charge in [-0.3, -0.25) is 9.69 Å². The number of rotatable bonds is 4. The largest absolute Gasteiger partial charge is 0.374 e. The molecule has 5 nitrogen and oxygen atoms in total. The number of carbonyl (C=O) groups excluding carboxylic acids is 1. The standard InChI is InChI=1S/C14H19ClFN3O2/c1-9(17)13-7-19(4-5-21-13)8-14(20)18-10-2-3-12(16)11(15)6-10/h2-3,6,9,13H,4-5,7-8,17H2,1H3,(H,18,20). The first-order valence-corrected chi connectivity index (χ1v) is 7.18. The summed E-state index contributed by atoms with van der Waals surface area (Å²) in [6.07, 6.45) is -0.0631. The predicted molar refractivity (Wildman–Crippen MR) is 79.9 cm³/mol. The van der Waals surface area contributed by atoms with E-state index < -0.39 is 5.82 Å². The van der Waals surface area contributed by atoms with Crippen molar-refractivity contribution in [3.8, 4) is 0 Å². The molecule has 7 heteroatoms. The number of nitrogens with two attached hydrogens (primary N) is 1. The molecular weight excluding hydrogens is 297 g/mol. The molecule has 1 aliphatic heterocycles. The molecule has 1 saturated heterocycles. The second-order valence-electron chi connectivity index (χ2n) is 5.18. The molecule has 2 unspecified atom stereocenters. The van der Waals surface area contributed by atoms with Gasteiger partial charge >= 0.3 is 0 Å². The topological polar surface area (TPSA) is 67.6 Å². The molecule has 2 rings (SSSR count). The highest BCUT2D eigenvalue weighted by Gasteiger charge is 2.24. The van der Waals surface area contributed by atoms with Crippen molar-refractivity contribution in [2.24, 2.45) is 5.73 Å². The van der Waals surface area contributed by atoms with E-state index in [1.165, 1.54) is 18.2 Å². The van der Waals surface area contributed by atoms with Crippen LogP contribution in [0.15, 0.2) is 18.2 Å². The number of carbonyl (C=O) groups is 1. The number of nitrogens with zero attached hydrogens (tertiary/aromatic N) is 1. The minimum Gasteiger partial charge on any atom is -0.374 e. The van der Waals surface area contributed by atoms with Crippen LogP contribution >= 0.6 is 11.6 Å². The summed E-state index contributed by atoms with van der Waals surface area (Å²) in [6.45, 7) is 3.98. The maximum atomic E-state index is 13.0. The highest BCUT2D eigenvalue weighted by atomic mass is 35.5. The first kappa shape index (κ1) is 16.2. The molecule has 0 radical (unpaired) electrons. The third-order valence-electron chi connectivity index (χ3n) is 3.33. The number of ether oxygens (including phenoxy) is 1. The van der Waals surface area contributed by atoms with Crippen molar-refractivity contribution in [1.29, 1.82) is 0 Å². The molecule has 0 aromatic heterocycles. The lowest BCUT2D eigenvalue weighted by molar-refractivity contribution is -0.119. The van der Waals surface area contributed by atoms with E-state index in [0.717, 1.165) is 0 Å². The van der Waals surface area contributed by atoms with E-state index in [-0.39, 0.29) is 29.6 Å². The van der Waals surface area contributed by atoms with E-state index in [2.05, 4.69) is 5.32 Å². The van der Waals surface area contributed by atoms with E-state index in [1.807, 2.05) is 11.8 Å². The van der Waals surface area contributed by atoms with Gasteiger partial charge in [0.05, 0.1) is 24.3 Å². The molecule has 1 heterocycles. The molecule has 1 amide bonds. The summed E-state index contributed by atoms with van der Waals surface area (Å²) in [4.78, 5) is 14.0. The third kappa shape index (κ3) is 4.64. The SMILES string of the molecule is CC(N)C1CN(CC(=O)Nc2ccc(F)c(Cl)c2)CCO1. The van der Waals surface area contributed by atoms with Gasteiger partial charge in [-0.05, 0) is 25.1 Å². The van der Waals surface area contributed by atoms with Crippen molar-refractivity contribution in [3.63, 3.8) is 0 Å². The number of benzene rings is 1. The van der Waals surface area contributed by atoms with E-state index >= 15 is 0 Å². The van der Waals surface area contributed by atoms with Gasteiger partial charge in [0.2, 0.25) is 5.91 Å². The molecule has 2 atom stereocenters. The van der Waals surface area contributed by atoms with Crippen LogP contribution in [0.25, 0.3) is 0 Å². The number of anilines is 1. The average molecular weight is 316 g/mol. The summed E-state index contributed by atoms with van der Waals surface area (Å²) in [7, 11) is 0. The van der Waals surface area contributed by atoms with Gasteiger partial charge in [0.25, 0.3) is 0 Å². The van der Waals surface area contributed by atoms with Crippen molar-refractivity contribution in [3.05, 3.63) is 29.0 Å². The van der Waals surface area contributed by atoms with Crippen LogP contribution in [0.5, 0.6) is 0 Å². The van der Waals surface area contributed by atoms with Crippen LogP contribution in [0.2, 0.25) is 5.02 Å². The van der Waals surface area contributed by atoms with Gasteiger partial charge in [-0.25, -0.2) is 4.39 Å². The summed E-state index contributed by atoms with van der Waals surface area (Å²) in [5.74, 6) is -0.689. The van der Waals surface area contributed by atoms with Gasteiger partial charge in [0, 0.05) is 24.8 Å². The van der Waals surface area contributed by atoms with Crippen molar-refractivity contribution < 1.29 is 13.9 Å². The molecule has 0 aliphatic carbocycles. The average Bonchev–Trinajstić information content (AvgIpc) is 2.43. The minimum absolute atomic E-state index is 0.0174. The summed E-state index contributed by atoms with van der Waals surface area (Å²) >= 11 is 5.68. The first-order chi connectivity index (χ1) is 9.95. The molecule has 1 aliphatic rings. The minimum atomic E-state index is -0.511. The molecule has 0 spiro atoms. The zero-order valence-electron chi connectivity index (χ0n) is 11.8. The van der Waals surface area contributed by atoms with Gasteiger partial charge in [0.1, 0.15) is 5.82 Å². The Kier molecular flexibility index (Phi) is 5.52. The lowest BCUT2D eigenvalue weighted by Crippen LogP contribution is -2.51. The second kappa shape index (κ2) is 7.17. The van der Waals surface area contributed by atoms with Crippen molar-refractivity contribution in [2.45, 2.75) is 19.1 Å². The monoisotopic (exact) mass is 315 g/mol. The fourth-order valence-electron chi connectivity index (χ4n) is 2.17. The molecule has 1 fully saturated rings. The van der Waals surface area contributed by atoms with Crippen molar-refractivity contribution >= 4 is 23.2 Å². The second-order valence-corrected chi connectivity index (χ2v) is 5.59. The summed E-state index contributed by atoms with van der Waals surface area (Å²) < 4.78 is 18.6. The van der Waals surface area contributed by atoms with Crippen LogP contribution in [0, 0.1) is 5.82 Å². The molecule has 0 bridgehead atoms. The lowest BCUT2D eigenvalue weighted by Gasteiger charge is -2.34. The van der Waals surface area contributed by atoms with Crippen LogP contribution in [0.4, 0.5) is 10.1 Å². The Balaban J connectivity index is 1.87. The Morgan fingerprint density at radius 1 is 1.67 bits per heavy atom. The van der Waals surface area contributed by atoms with Gasteiger partial charge in [0.15, 0.2) is 0 Å². The smallest absolute Gasteiger partial charge is 0.238 e. The Morgan fingerprint density at radius 3 is 3.10 bits per heavy atom. The number of hydrogen-bond acceptors (Lipinski definition) is 4. The Bertz CT molecular complexity index is 513. The zero-order chi connectivity index (χ0) is 15.4. The number of hydrogen-bond donors (Lipinski definition) is 2. The van der Waals surface area contributed by atoms with Crippen LogP contribution in [0.3, 0.4) is 0 Å². The van der Waals surface area contributed by atoms with E-state index in [1.54, 1.807) is 0 Å². The van der Waals surface area contributed by atoms with E-state index in [9.17, 15) is 9.18 Å². The molecule has 21 heavy (non-hydrogen) atoms. The fourth-order valence-corrected chi connectivity index (χ4v) is 2.35. The van der Waals surface area contributed by atoms with Crippen LogP contribution in [0.1, 0.15) is 6.92 Å². The quantitative estimate of drug-likeness (QED) is 0.883. The first-order valence-electron chi connectivity index (χ1n) is 6.80. The van der Waals surface area contributed by atoms with Gasteiger partial charge in [-0.1, -0.05) is 11.6 Å². The fraction of sp³-hybridized carbons (Fsp3) is 0.500. The predicted octanol–water partition coefficient (Wildman–Crippen LogP) is 1.47. The molecule has 3 N–H and O–H groups in total. The normalized spacial score (nSPS) is 21.0. The molecule has 116 valence electrons. The number of halogens is 2. The van der Waals surface area contributed by atoms with Gasteiger partial charge in [-0.2, -0.15) is 0 Å². The lowest BCUT2D eigenvalue weighted by atomic mass is 10.1. The Morgan fingerprint density at radius 2 is 2.43 bits per heavy atom. The summed E-state index contributed by atoms with van der Waals surface area (Å²) in [5.41, 5.74) is 6.29. The maximum absolute atomic E-state index is 13.0. The third-order valence-corrected chi connectivity index (χ3v) is 3.62. The van der Waals surface area contributed by atoms with E-state index in [4.69, 9.17) is 22.1 Å². The number of amides is 1. The highest BCUT2D eigenvalue weighted by Crippen LogP contribution is 2.19. The van der Waals surface area contributed by atoms with Crippen LogP contribution in [-0.4, -0.2) is 49.2 Å². The maximum Gasteiger partial charge on any atom is 0.238 e. The molecule has 0 saturated carbocycles. The number of morpholine rings is 1. The van der Waals surface area contributed by atoms with Crippen LogP contribution < -0.4 is 11.1 Å². The Hall–Kier alpha value is -1.21. The zero-order valence-corrected chi connectivity index (χ0v) is 12.6.